The number of phenolic OH excluding ortho intramolecular Hbond substituents is 1. The monoisotopic (exact) mass is 484 g/mol. The van der Waals surface area contributed by atoms with Crippen molar-refractivity contribution >= 4 is 39.7 Å². The molecule has 1 amide bonds. The molecule has 1 aliphatic rings. The molecule has 0 aliphatic carbocycles. The molecule has 1 aliphatic heterocycles. The van der Waals surface area contributed by atoms with Crippen molar-refractivity contribution < 1.29 is 19.1 Å². The smallest absolute Gasteiger partial charge is 0.255 e. The van der Waals surface area contributed by atoms with Gasteiger partial charge < -0.3 is 30.4 Å². The first kappa shape index (κ1) is 23.4. The molecule has 184 valence electrons. The summed E-state index contributed by atoms with van der Waals surface area (Å²) in [6, 6.07) is 19.1. The van der Waals surface area contributed by atoms with Crippen molar-refractivity contribution in [1.82, 2.24) is 4.90 Å². The molecule has 0 saturated carbocycles. The van der Waals surface area contributed by atoms with E-state index in [2.05, 4.69) is 22.2 Å². The predicted molar refractivity (Wildman–Crippen MR) is 141 cm³/mol. The topological polar surface area (TPSA) is 112 Å². The van der Waals surface area contributed by atoms with E-state index < -0.39 is 17.4 Å². The van der Waals surface area contributed by atoms with Gasteiger partial charge in [-0.05, 0) is 68.5 Å². The van der Waals surface area contributed by atoms with Crippen LogP contribution >= 0.6 is 0 Å². The number of carbonyl (C=O) groups excluding carboxylic acids is 2. The van der Waals surface area contributed by atoms with Gasteiger partial charge in [0.05, 0.1) is 11.3 Å². The molecule has 4 aromatic rings. The van der Waals surface area contributed by atoms with Crippen molar-refractivity contribution in [1.29, 1.82) is 0 Å². The highest BCUT2D eigenvalue weighted by Gasteiger charge is 2.23. The lowest BCUT2D eigenvalue weighted by Crippen LogP contribution is -2.28. The Balaban J connectivity index is 1.35. The number of para-hydroxylation sites is 1. The molecule has 2 heterocycles. The molecule has 8 heteroatoms. The molecule has 4 N–H and O–H groups in total. The Hall–Kier alpha value is -4.30. The number of hydrogen-bond acceptors (Lipinski definition) is 7. The lowest BCUT2D eigenvalue weighted by Gasteiger charge is -2.23. The summed E-state index contributed by atoms with van der Waals surface area (Å²) in [7, 11) is 2.12. The van der Waals surface area contributed by atoms with Crippen molar-refractivity contribution in [3.63, 3.8) is 0 Å². The van der Waals surface area contributed by atoms with Crippen LogP contribution in [0.3, 0.4) is 0 Å². The van der Waals surface area contributed by atoms with Crippen LogP contribution in [0.2, 0.25) is 0 Å². The minimum absolute atomic E-state index is 0.0124. The van der Waals surface area contributed by atoms with Crippen LogP contribution in [0.4, 0.5) is 17.1 Å². The fourth-order valence-corrected chi connectivity index (χ4v) is 4.46. The second-order valence-corrected chi connectivity index (χ2v) is 9.05. The fourth-order valence-electron chi connectivity index (χ4n) is 4.46. The summed E-state index contributed by atoms with van der Waals surface area (Å²) >= 11 is 0. The maximum atomic E-state index is 13.1. The summed E-state index contributed by atoms with van der Waals surface area (Å²) in [6.07, 6.45) is 1.08. The molecule has 0 spiro atoms. The van der Waals surface area contributed by atoms with Gasteiger partial charge in [-0.15, -0.1) is 0 Å². The van der Waals surface area contributed by atoms with Gasteiger partial charge in [0.2, 0.25) is 5.78 Å². The third-order valence-corrected chi connectivity index (χ3v) is 6.56. The van der Waals surface area contributed by atoms with Gasteiger partial charge in [0.25, 0.3) is 5.91 Å². The van der Waals surface area contributed by atoms with E-state index in [1.165, 1.54) is 12.1 Å². The van der Waals surface area contributed by atoms with Crippen molar-refractivity contribution in [3.8, 4) is 5.75 Å². The summed E-state index contributed by atoms with van der Waals surface area (Å²) < 4.78 is 5.65. The summed E-state index contributed by atoms with van der Waals surface area (Å²) in [5, 5.41) is 14.3. The normalized spacial score (nSPS) is 14.5. The van der Waals surface area contributed by atoms with E-state index in [-0.39, 0.29) is 22.7 Å². The van der Waals surface area contributed by atoms with Gasteiger partial charge in [-0.1, -0.05) is 18.2 Å². The molecular weight excluding hydrogens is 456 g/mol. The number of rotatable bonds is 5. The van der Waals surface area contributed by atoms with Crippen LogP contribution in [-0.4, -0.2) is 54.9 Å². The minimum Gasteiger partial charge on any atom is -0.505 e. The lowest BCUT2D eigenvalue weighted by atomic mass is 10.0. The van der Waals surface area contributed by atoms with Gasteiger partial charge in [-0.25, -0.2) is 0 Å². The molecule has 5 rings (SSSR count). The minimum atomic E-state index is -0.508. The number of hydrogen-bond donors (Lipinski definition) is 3. The molecule has 0 bridgehead atoms. The number of aromatic hydroxyl groups is 1. The van der Waals surface area contributed by atoms with E-state index in [0.717, 1.165) is 43.7 Å². The van der Waals surface area contributed by atoms with Crippen LogP contribution in [0.5, 0.6) is 5.75 Å². The fraction of sp³-hybridized carbons (Fsp3) is 0.214. The van der Waals surface area contributed by atoms with E-state index in [4.69, 9.17) is 10.2 Å². The number of anilines is 3. The standard InChI is InChI=1S/C28H28N4O4/c1-31-13-4-14-32(16-15-31)20-9-7-18(8-10-20)28(35)30-25-22(29)12-11-21(27(25)34)26(33)24-17-19-5-2-3-6-23(19)36-24/h2-3,5-12,17,34H,4,13-16,29H2,1H3,(H,30,35). The van der Waals surface area contributed by atoms with Crippen LogP contribution in [0, 0.1) is 0 Å². The highest BCUT2D eigenvalue weighted by Crippen LogP contribution is 2.36. The predicted octanol–water partition coefficient (Wildman–Crippen LogP) is 4.35. The third kappa shape index (κ3) is 4.63. The molecule has 1 fully saturated rings. The average molecular weight is 485 g/mol. The van der Waals surface area contributed by atoms with E-state index in [0.29, 0.717) is 11.1 Å². The number of furan rings is 1. The Kier molecular flexibility index (Phi) is 6.35. The number of nitrogens with zero attached hydrogens (tertiary/aromatic N) is 2. The van der Waals surface area contributed by atoms with Crippen LogP contribution < -0.4 is 16.0 Å². The maximum Gasteiger partial charge on any atom is 0.255 e. The van der Waals surface area contributed by atoms with Gasteiger partial charge >= 0.3 is 0 Å². The van der Waals surface area contributed by atoms with Crippen LogP contribution in [0.1, 0.15) is 32.9 Å². The van der Waals surface area contributed by atoms with Gasteiger partial charge in [-0.3, -0.25) is 9.59 Å². The molecular formula is C28H28N4O4. The van der Waals surface area contributed by atoms with Crippen molar-refractivity contribution in [2.45, 2.75) is 6.42 Å². The second-order valence-electron chi connectivity index (χ2n) is 9.05. The zero-order chi connectivity index (χ0) is 25.2. The number of nitrogen functional groups attached to an aromatic ring is 1. The zero-order valence-electron chi connectivity index (χ0n) is 20.0. The number of likely N-dealkylation sites (N-methyl/N-ethyl adjacent to an activating group) is 1. The summed E-state index contributed by atoms with van der Waals surface area (Å²) in [5.74, 6) is -1.26. The molecule has 36 heavy (non-hydrogen) atoms. The van der Waals surface area contributed by atoms with E-state index in [1.807, 2.05) is 30.3 Å². The third-order valence-electron chi connectivity index (χ3n) is 6.56. The molecule has 1 saturated heterocycles. The van der Waals surface area contributed by atoms with Crippen LogP contribution in [-0.2, 0) is 0 Å². The number of phenols is 1. The number of nitrogens with one attached hydrogen (secondary N) is 1. The Bertz CT molecular complexity index is 1390. The van der Waals surface area contributed by atoms with Gasteiger partial charge in [-0.2, -0.15) is 0 Å². The number of benzene rings is 3. The van der Waals surface area contributed by atoms with Gasteiger partial charge in [0.1, 0.15) is 11.3 Å². The molecule has 0 radical (unpaired) electrons. The number of amides is 1. The van der Waals surface area contributed by atoms with Gasteiger partial charge in [0.15, 0.2) is 11.5 Å². The zero-order valence-corrected chi connectivity index (χ0v) is 20.0. The maximum absolute atomic E-state index is 13.1. The average Bonchev–Trinajstić information content (AvgIpc) is 3.21. The van der Waals surface area contributed by atoms with E-state index >= 15 is 0 Å². The number of ketones is 1. The lowest BCUT2D eigenvalue weighted by molar-refractivity contribution is 0.100. The highest BCUT2D eigenvalue weighted by atomic mass is 16.3. The quantitative estimate of drug-likeness (QED) is 0.219. The Morgan fingerprint density at radius 2 is 1.75 bits per heavy atom. The summed E-state index contributed by atoms with van der Waals surface area (Å²) in [6.45, 7) is 3.95. The largest absolute Gasteiger partial charge is 0.505 e. The summed E-state index contributed by atoms with van der Waals surface area (Å²) in [4.78, 5) is 30.7. The molecule has 8 nitrogen and oxygen atoms in total. The Morgan fingerprint density at radius 1 is 0.972 bits per heavy atom. The highest BCUT2D eigenvalue weighted by molar-refractivity contribution is 6.14. The van der Waals surface area contributed by atoms with E-state index in [9.17, 15) is 14.7 Å². The molecule has 0 atom stereocenters. The first-order valence-electron chi connectivity index (χ1n) is 11.9. The molecule has 3 aromatic carbocycles. The molecule has 0 unspecified atom stereocenters. The first-order valence-corrected chi connectivity index (χ1v) is 11.9. The van der Waals surface area contributed by atoms with Crippen LogP contribution in [0.15, 0.2) is 71.1 Å². The second kappa shape index (κ2) is 9.75. The number of nitrogens with two attached hydrogens (primary N) is 1. The number of carbonyl (C=O) groups is 2. The first-order chi connectivity index (χ1) is 17.4. The van der Waals surface area contributed by atoms with E-state index in [1.54, 1.807) is 24.3 Å². The van der Waals surface area contributed by atoms with Crippen molar-refractivity contribution in [2.75, 3.05) is 49.2 Å². The Labute approximate surface area is 208 Å². The summed E-state index contributed by atoms with van der Waals surface area (Å²) in [5.41, 5.74) is 8.21. The molecule has 1 aromatic heterocycles. The number of fused-ring (bicyclic) bond motifs is 1. The van der Waals surface area contributed by atoms with Crippen molar-refractivity contribution in [3.05, 3.63) is 83.6 Å². The van der Waals surface area contributed by atoms with Gasteiger partial charge in [0, 0.05) is 36.3 Å². The van der Waals surface area contributed by atoms with Crippen LogP contribution in [0.25, 0.3) is 11.0 Å². The SMILES string of the molecule is CN1CCCN(c2ccc(C(=O)Nc3c(N)ccc(C(=O)c4cc5ccccc5o4)c3O)cc2)CC1. The Morgan fingerprint density at radius 3 is 2.53 bits per heavy atom. The van der Waals surface area contributed by atoms with Crippen molar-refractivity contribution in [2.24, 2.45) is 0 Å².